The van der Waals surface area contributed by atoms with Crippen LogP contribution in [-0.4, -0.2) is 30.4 Å². The van der Waals surface area contributed by atoms with Gasteiger partial charge in [-0.2, -0.15) is 0 Å². The van der Waals surface area contributed by atoms with Gasteiger partial charge in [-0.05, 0) is 55.3 Å². The standard InChI is InChI=1S/C21H26Br2N2O4/c1-6-7-8-28-18-10-14(22)13(9-17(18)27-5)19-15(23)11-24-12-16(19)25-20(26)29-21(2,3)4/h9-12H,6-8H2,1-5H3,(H,25,26). The zero-order valence-electron chi connectivity index (χ0n) is 17.3. The summed E-state index contributed by atoms with van der Waals surface area (Å²) in [7, 11) is 1.60. The summed E-state index contributed by atoms with van der Waals surface area (Å²) in [6, 6.07) is 3.74. The average molecular weight is 530 g/mol. The molecule has 29 heavy (non-hydrogen) atoms. The Balaban J connectivity index is 2.44. The van der Waals surface area contributed by atoms with Crippen molar-refractivity contribution in [2.75, 3.05) is 19.0 Å². The van der Waals surface area contributed by atoms with E-state index in [4.69, 9.17) is 14.2 Å². The van der Waals surface area contributed by atoms with Crippen LogP contribution in [-0.2, 0) is 4.74 Å². The lowest BCUT2D eigenvalue weighted by molar-refractivity contribution is 0.0636. The maximum absolute atomic E-state index is 12.3. The number of carbonyl (C=O) groups is 1. The van der Waals surface area contributed by atoms with Gasteiger partial charge in [-0.15, -0.1) is 0 Å². The Hall–Kier alpha value is -1.80. The van der Waals surface area contributed by atoms with Crippen LogP contribution in [0.2, 0.25) is 0 Å². The molecule has 1 amide bonds. The first-order chi connectivity index (χ1) is 13.7. The Morgan fingerprint density at radius 2 is 1.86 bits per heavy atom. The van der Waals surface area contributed by atoms with Crippen molar-refractivity contribution in [1.82, 2.24) is 4.98 Å². The van der Waals surface area contributed by atoms with Crippen molar-refractivity contribution in [2.45, 2.75) is 46.1 Å². The van der Waals surface area contributed by atoms with Gasteiger partial charge >= 0.3 is 6.09 Å². The molecule has 0 atom stereocenters. The zero-order chi connectivity index (χ0) is 21.6. The van der Waals surface area contributed by atoms with Gasteiger partial charge in [0.1, 0.15) is 5.60 Å². The largest absolute Gasteiger partial charge is 0.493 e. The maximum atomic E-state index is 12.3. The highest BCUT2D eigenvalue weighted by Gasteiger charge is 2.21. The van der Waals surface area contributed by atoms with E-state index in [9.17, 15) is 4.79 Å². The van der Waals surface area contributed by atoms with Gasteiger partial charge in [0.25, 0.3) is 0 Å². The van der Waals surface area contributed by atoms with E-state index >= 15 is 0 Å². The Morgan fingerprint density at radius 3 is 2.48 bits per heavy atom. The van der Waals surface area contributed by atoms with Crippen molar-refractivity contribution in [2.24, 2.45) is 0 Å². The lowest BCUT2D eigenvalue weighted by Crippen LogP contribution is -2.27. The van der Waals surface area contributed by atoms with Crippen LogP contribution in [0.3, 0.4) is 0 Å². The van der Waals surface area contributed by atoms with E-state index in [0.717, 1.165) is 28.4 Å². The summed E-state index contributed by atoms with van der Waals surface area (Å²) in [6.45, 7) is 8.16. The van der Waals surface area contributed by atoms with Crippen molar-refractivity contribution in [3.05, 3.63) is 33.5 Å². The number of nitrogens with zero attached hydrogens (tertiary/aromatic N) is 1. The molecule has 1 heterocycles. The van der Waals surface area contributed by atoms with Crippen molar-refractivity contribution < 1.29 is 19.0 Å². The second kappa shape index (κ2) is 10.3. The van der Waals surface area contributed by atoms with Gasteiger partial charge in [-0.25, -0.2) is 4.79 Å². The number of unbranched alkanes of at least 4 members (excludes halogenated alkanes) is 1. The van der Waals surface area contributed by atoms with Crippen LogP contribution >= 0.6 is 31.9 Å². The van der Waals surface area contributed by atoms with E-state index in [2.05, 4.69) is 49.1 Å². The summed E-state index contributed by atoms with van der Waals surface area (Å²) >= 11 is 7.16. The van der Waals surface area contributed by atoms with Crippen molar-refractivity contribution >= 4 is 43.6 Å². The van der Waals surface area contributed by atoms with Crippen LogP contribution in [0.25, 0.3) is 11.1 Å². The van der Waals surface area contributed by atoms with E-state index in [1.54, 1.807) is 19.5 Å². The van der Waals surface area contributed by atoms with E-state index in [1.165, 1.54) is 0 Å². The minimum absolute atomic E-state index is 0.510. The summed E-state index contributed by atoms with van der Waals surface area (Å²) < 4.78 is 18.3. The summed E-state index contributed by atoms with van der Waals surface area (Å²) in [5.74, 6) is 1.26. The van der Waals surface area contributed by atoms with Gasteiger partial charge in [-0.3, -0.25) is 10.3 Å². The molecule has 0 aliphatic rings. The SMILES string of the molecule is CCCCOc1cc(Br)c(-c2c(Br)cncc2NC(=O)OC(C)(C)C)cc1OC. The Kier molecular flexibility index (Phi) is 8.34. The first-order valence-corrected chi connectivity index (χ1v) is 10.9. The molecule has 0 aliphatic carbocycles. The number of halogens is 2. The molecule has 0 saturated carbocycles. The Morgan fingerprint density at radius 1 is 1.14 bits per heavy atom. The van der Waals surface area contributed by atoms with E-state index < -0.39 is 11.7 Å². The highest BCUT2D eigenvalue weighted by molar-refractivity contribution is 9.11. The number of anilines is 1. The van der Waals surface area contributed by atoms with E-state index in [0.29, 0.717) is 28.3 Å². The van der Waals surface area contributed by atoms with Crippen LogP contribution in [0.1, 0.15) is 40.5 Å². The molecule has 0 radical (unpaired) electrons. The number of rotatable bonds is 7. The van der Waals surface area contributed by atoms with E-state index in [1.807, 2.05) is 32.9 Å². The Labute approximate surface area is 188 Å². The molecule has 0 fully saturated rings. The van der Waals surface area contributed by atoms with Crippen LogP contribution < -0.4 is 14.8 Å². The second-order valence-corrected chi connectivity index (χ2v) is 9.06. The number of hydrogen-bond donors (Lipinski definition) is 1. The number of amides is 1. The molecule has 2 aromatic rings. The van der Waals surface area contributed by atoms with Crippen molar-refractivity contribution in [3.63, 3.8) is 0 Å². The molecule has 0 bridgehead atoms. The third-order valence-electron chi connectivity index (χ3n) is 3.81. The van der Waals surface area contributed by atoms with Gasteiger partial charge in [0.15, 0.2) is 11.5 Å². The minimum Gasteiger partial charge on any atom is -0.493 e. The fourth-order valence-electron chi connectivity index (χ4n) is 2.54. The van der Waals surface area contributed by atoms with Gasteiger partial charge in [0.2, 0.25) is 0 Å². The highest BCUT2D eigenvalue weighted by Crippen LogP contribution is 2.43. The zero-order valence-corrected chi connectivity index (χ0v) is 20.4. The van der Waals surface area contributed by atoms with Crippen molar-refractivity contribution in [1.29, 1.82) is 0 Å². The number of pyridine rings is 1. The molecule has 1 aromatic carbocycles. The number of carbonyl (C=O) groups excluding carboxylic acids is 1. The molecule has 1 aromatic heterocycles. The summed E-state index contributed by atoms with van der Waals surface area (Å²) in [4.78, 5) is 16.5. The maximum Gasteiger partial charge on any atom is 0.412 e. The van der Waals surface area contributed by atoms with E-state index in [-0.39, 0.29) is 0 Å². The smallest absolute Gasteiger partial charge is 0.412 e. The Bertz CT molecular complexity index is 866. The van der Waals surface area contributed by atoms with Gasteiger partial charge in [0.05, 0.1) is 25.6 Å². The molecular weight excluding hydrogens is 504 g/mol. The number of methoxy groups -OCH3 is 1. The summed E-state index contributed by atoms with van der Waals surface area (Å²) in [6.07, 6.45) is 4.70. The molecule has 1 N–H and O–H groups in total. The molecule has 158 valence electrons. The van der Waals surface area contributed by atoms with Crippen LogP contribution in [0.15, 0.2) is 33.5 Å². The van der Waals surface area contributed by atoms with Gasteiger partial charge < -0.3 is 14.2 Å². The van der Waals surface area contributed by atoms with Crippen LogP contribution in [0, 0.1) is 0 Å². The average Bonchev–Trinajstić information content (AvgIpc) is 2.61. The van der Waals surface area contributed by atoms with Gasteiger partial charge in [-0.1, -0.05) is 29.3 Å². The molecule has 0 saturated heterocycles. The number of hydrogen-bond acceptors (Lipinski definition) is 5. The molecule has 0 unspecified atom stereocenters. The number of benzene rings is 1. The van der Waals surface area contributed by atoms with Crippen LogP contribution in [0.5, 0.6) is 11.5 Å². The third kappa shape index (κ3) is 6.60. The van der Waals surface area contributed by atoms with Crippen LogP contribution in [0.4, 0.5) is 10.5 Å². The van der Waals surface area contributed by atoms with Gasteiger partial charge in [0, 0.05) is 26.3 Å². The first kappa shape index (κ1) is 23.5. The molecule has 6 nitrogen and oxygen atoms in total. The van der Waals surface area contributed by atoms with Crippen molar-refractivity contribution in [3.8, 4) is 22.6 Å². The quantitative estimate of drug-likeness (QED) is 0.399. The topological polar surface area (TPSA) is 69.7 Å². The number of ether oxygens (including phenoxy) is 3. The second-order valence-electron chi connectivity index (χ2n) is 7.36. The molecule has 0 aliphatic heterocycles. The summed E-state index contributed by atoms with van der Waals surface area (Å²) in [5.41, 5.74) is 1.46. The monoisotopic (exact) mass is 528 g/mol. The number of nitrogens with one attached hydrogen (secondary N) is 1. The number of aromatic nitrogens is 1. The lowest BCUT2D eigenvalue weighted by Gasteiger charge is -2.21. The first-order valence-electron chi connectivity index (χ1n) is 9.30. The minimum atomic E-state index is -0.606. The highest BCUT2D eigenvalue weighted by atomic mass is 79.9. The molecular formula is C21H26Br2N2O4. The summed E-state index contributed by atoms with van der Waals surface area (Å²) in [5, 5.41) is 2.78. The third-order valence-corrected chi connectivity index (χ3v) is 5.07. The lowest BCUT2D eigenvalue weighted by atomic mass is 10.0. The normalized spacial score (nSPS) is 11.1. The molecule has 8 heteroatoms. The molecule has 2 rings (SSSR count). The molecule has 0 spiro atoms. The fraction of sp³-hybridized carbons (Fsp3) is 0.429. The fourth-order valence-corrected chi connectivity index (χ4v) is 3.61. The predicted octanol–water partition coefficient (Wildman–Crippen LogP) is 6.81. The predicted molar refractivity (Wildman–Crippen MR) is 122 cm³/mol.